The number of likely N-dealkylation sites (N-methyl/N-ethyl adjacent to an activating group) is 1. The fraction of sp³-hybridized carbons (Fsp3) is 0.400. The number of carbonyl (C=O) groups excluding carboxylic acids is 1. The molecule has 30 heavy (non-hydrogen) atoms. The lowest BCUT2D eigenvalue weighted by atomic mass is 10.1. The van der Waals surface area contributed by atoms with E-state index in [1.165, 1.54) is 29.2 Å². The van der Waals surface area contributed by atoms with E-state index < -0.39 is 45.7 Å². The van der Waals surface area contributed by atoms with E-state index in [1.54, 1.807) is 13.8 Å². The average Bonchev–Trinajstić information content (AvgIpc) is 2.70. The van der Waals surface area contributed by atoms with E-state index in [4.69, 9.17) is 0 Å². The van der Waals surface area contributed by atoms with Crippen molar-refractivity contribution in [1.29, 1.82) is 0 Å². The van der Waals surface area contributed by atoms with Crippen molar-refractivity contribution in [2.24, 2.45) is 0 Å². The van der Waals surface area contributed by atoms with Gasteiger partial charge in [0.15, 0.2) is 0 Å². The van der Waals surface area contributed by atoms with Crippen LogP contribution in [0.15, 0.2) is 46.2 Å². The molecule has 2 rings (SSSR count). The van der Waals surface area contributed by atoms with Gasteiger partial charge in [0.25, 0.3) is 5.56 Å². The number of hydrogen-bond acceptors (Lipinski definition) is 4. The lowest BCUT2D eigenvalue weighted by molar-refractivity contribution is -0.132. The molecule has 7 nitrogen and oxygen atoms in total. The summed E-state index contributed by atoms with van der Waals surface area (Å²) in [7, 11) is -2.41. The molecule has 0 N–H and O–H groups in total. The van der Waals surface area contributed by atoms with Gasteiger partial charge < -0.3 is 9.47 Å². The molecule has 1 atom stereocenters. The number of amides is 1. The third-order valence-corrected chi connectivity index (χ3v) is 7.02. The first-order chi connectivity index (χ1) is 14.0. The first kappa shape index (κ1) is 23.7. The molecule has 0 radical (unpaired) electrons. The fourth-order valence-corrected chi connectivity index (χ4v) is 4.49. The quantitative estimate of drug-likeness (QED) is 0.630. The molecule has 10 heteroatoms. The van der Waals surface area contributed by atoms with Crippen LogP contribution in [0.25, 0.3) is 0 Å². The highest BCUT2D eigenvalue weighted by molar-refractivity contribution is 7.89. The predicted molar refractivity (Wildman–Crippen MR) is 108 cm³/mol. The fourth-order valence-electron chi connectivity index (χ4n) is 3.01. The lowest BCUT2D eigenvalue weighted by Gasteiger charge is -2.26. The number of carbonyl (C=O) groups is 1. The summed E-state index contributed by atoms with van der Waals surface area (Å²) in [5.41, 5.74) is -0.559. The Hall–Kier alpha value is -2.59. The maximum absolute atomic E-state index is 14.0. The van der Waals surface area contributed by atoms with Gasteiger partial charge in [-0.15, -0.1) is 0 Å². The highest BCUT2D eigenvalue weighted by Crippen LogP contribution is 2.23. The Balaban J connectivity index is 2.30. The summed E-state index contributed by atoms with van der Waals surface area (Å²) >= 11 is 0. The first-order valence-electron chi connectivity index (χ1n) is 9.44. The number of pyridine rings is 1. The van der Waals surface area contributed by atoms with Gasteiger partial charge in [-0.1, -0.05) is 13.8 Å². The van der Waals surface area contributed by atoms with E-state index in [0.717, 1.165) is 35.0 Å². The molecule has 0 bridgehead atoms. The monoisotopic (exact) mass is 441 g/mol. The Kier molecular flexibility index (Phi) is 7.49. The minimum absolute atomic E-state index is 0.00365. The second-order valence-corrected chi connectivity index (χ2v) is 8.70. The zero-order valence-electron chi connectivity index (χ0n) is 17.3. The van der Waals surface area contributed by atoms with Crippen LogP contribution in [0.2, 0.25) is 0 Å². The van der Waals surface area contributed by atoms with E-state index >= 15 is 0 Å². The van der Waals surface area contributed by atoms with Crippen molar-refractivity contribution < 1.29 is 22.0 Å². The van der Waals surface area contributed by atoms with Crippen molar-refractivity contribution in [3.63, 3.8) is 0 Å². The van der Waals surface area contributed by atoms with E-state index in [0.29, 0.717) is 0 Å². The molecule has 1 aromatic carbocycles. The van der Waals surface area contributed by atoms with E-state index in [2.05, 4.69) is 0 Å². The van der Waals surface area contributed by atoms with Gasteiger partial charge in [-0.2, -0.15) is 4.31 Å². The molecule has 1 unspecified atom stereocenters. The third-order valence-electron chi connectivity index (χ3n) is 4.99. The number of benzene rings is 1. The zero-order valence-corrected chi connectivity index (χ0v) is 18.1. The lowest BCUT2D eigenvalue weighted by Crippen LogP contribution is -2.36. The van der Waals surface area contributed by atoms with E-state index in [-0.39, 0.29) is 23.5 Å². The molecule has 164 valence electrons. The van der Waals surface area contributed by atoms with Gasteiger partial charge in [-0.05, 0) is 31.2 Å². The third kappa shape index (κ3) is 4.93. The van der Waals surface area contributed by atoms with Crippen molar-refractivity contribution in [3.05, 3.63) is 64.1 Å². The molecule has 1 aromatic heterocycles. The Labute approximate surface area is 174 Å². The SMILES string of the molecule is CCN(CC)S(=O)(=O)c1ccc(=O)n(CC(=O)N(C)C(C)c2cc(F)ccc2F)c1. The topological polar surface area (TPSA) is 79.7 Å². The van der Waals surface area contributed by atoms with Gasteiger partial charge in [0.1, 0.15) is 18.2 Å². The summed E-state index contributed by atoms with van der Waals surface area (Å²) < 4.78 is 55.1. The maximum Gasteiger partial charge on any atom is 0.251 e. The molecule has 0 aliphatic rings. The van der Waals surface area contributed by atoms with Crippen LogP contribution in [-0.4, -0.2) is 48.2 Å². The van der Waals surface area contributed by atoms with E-state index in [9.17, 15) is 26.8 Å². The van der Waals surface area contributed by atoms with Crippen LogP contribution in [0.5, 0.6) is 0 Å². The molecule has 0 aliphatic heterocycles. The van der Waals surface area contributed by atoms with Crippen LogP contribution in [0.4, 0.5) is 8.78 Å². The maximum atomic E-state index is 14.0. The predicted octanol–water partition coefficient (Wildman–Crippen LogP) is 2.38. The van der Waals surface area contributed by atoms with Gasteiger partial charge in [0, 0.05) is 38.0 Å². The summed E-state index contributed by atoms with van der Waals surface area (Å²) in [4.78, 5) is 25.9. The number of rotatable bonds is 8. The number of sulfonamides is 1. The van der Waals surface area contributed by atoms with Crippen LogP contribution >= 0.6 is 0 Å². The molecule has 0 fully saturated rings. The van der Waals surface area contributed by atoms with Crippen LogP contribution in [-0.2, 0) is 21.4 Å². The molecular weight excluding hydrogens is 416 g/mol. The molecular formula is C20H25F2N3O4S. The molecule has 2 aromatic rings. The Bertz CT molecular complexity index is 1080. The summed E-state index contributed by atoms with van der Waals surface area (Å²) in [6.07, 6.45) is 1.12. The van der Waals surface area contributed by atoms with Gasteiger partial charge >= 0.3 is 0 Å². The number of halogens is 2. The molecule has 0 saturated heterocycles. The summed E-state index contributed by atoms with van der Waals surface area (Å²) in [6.45, 7) is 5.00. The largest absolute Gasteiger partial charge is 0.337 e. The summed E-state index contributed by atoms with van der Waals surface area (Å²) in [5, 5.41) is 0. The Morgan fingerprint density at radius 3 is 2.37 bits per heavy atom. The van der Waals surface area contributed by atoms with Crippen LogP contribution < -0.4 is 5.56 Å². The minimum Gasteiger partial charge on any atom is -0.337 e. The highest BCUT2D eigenvalue weighted by atomic mass is 32.2. The van der Waals surface area contributed by atoms with Crippen molar-refractivity contribution in [3.8, 4) is 0 Å². The molecule has 0 aliphatic carbocycles. The van der Waals surface area contributed by atoms with Gasteiger partial charge in [0.2, 0.25) is 15.9 Å². The summed E-state index contributed by atoms with van der Waals surface area (Å²) in [6, 6.07) is 4.45. The second kappa shape index (κ2) is 9.48. The first-order valence-corrected chi connectivity index (χ1v) is 10.9. The van der Waals surface area contributed by atoms with Crippen molar-refractivity contribution in [2.45, 2.75) is 38.3 Å². The normalized spacial score (nSPS) is 12.8. The van der Waals surface area contributed by atoms with Crippen LogP contribution in [0, 0.1) is 11.6 Å². The second-order valence-electron chi connectivity index (χ2n) is 6.77. The molecule has 0 spiro atoms. The molecule has 0 saturated carbocycles. The number of hydrogen-bond donors (Lipinski definition) is 0. The van der Waals surface area contributed by atoms with Crippen LogP contribution in [0.3, 0.4) is 0 Å². The van der Waals surface area contributed by atoms with Crippen LogP contribution in [0.1, 0.15) is 32.4 Å². The Morgan fingerprint density at radius 1 is 1.13 bits per heavy atom. The number of nitrogens with zero attached hydrogens (tertiary/aromatic N) is 3. The van der Waals surface area contributed by atoms with Gasteiger partial charge in [-0.3, -0.25) is 9.59 Å². The smallest absolute Gasteiger partial charge is 0.251 e. The van der Waals surface area contributed by atoms with Gasteiger partial charge in [-0.25, -0.2) is 17.2 Å². The van der Waals surface area contributed by atoms with E-state index in [1.807, 2.05) is 0 Å². The highest BCUT2D eigenvalue weighted by Gasteiger charge is 2.24. The van der Waals surface area contributed by atoms with Crippen molar-refractivity contribution in [2.75, 3.05) is 20.1 Å². The van der Waals surface area contributed by atoms with Crippen molar-refractivity contribution in [1.82, 2.24) is 13.8 Å². The standard InChI is InChI=1S/C20H25F2N3O4S/c1-5-25(6-2)30(28,29)16-8-10-19(26)24(12-16)13-20(27)23(4)14(3)17-11-15(21)7-9-18(17)22/h7-12,14H,5-6,13H2,1-4H3. The molecule has 1 heterocycles. The zero-order chi connectivity index (χ0) is 22.6. The average molecular weight is 442 g/mol. The summed E-state index contributed by atoms with van der Waals surface area (Å²) in [5.74, 6) is -1.86. The van der Waals surface area contributed by atoms with Gasteiger partial charge in [0.05, 0.1) is 10.9 Å². The Morgan fingerprint density at radius 2 is 1.77 bits per heavy atom. The number of aromatic nitrogens is 1. The minimum atomic E-state index is -3.81. The molecule has 1 amide bonds. The van der Waals surface area contributed by atoms with Crippen molar-refractivity contribution >= 4 is 15.9 Å².